The Bertz CT molecular complexity index is 910. The molecule has 0 aliphatic carbocycles. The van der Waals surface area contributed by atoms with E-state index < -0.39 is 5.91 Å². The van der Waals surface area contributed by atoms with Gasteiger partial charge in [0.15, 0.2) is 11.5 Å². The lowest BCUT2D eigenvalue weighted by molar-refractivity contribution is 0.0952. The summed E-state index contributed by atoms with van der Waals surface area (Å²) < 4.78 is 22.2. The van der Waals surface area contributed by atoms with E-state index in [2.05, 4.69) is 10.5 Å². The molecule has 0 bridgehead atoms. The van der Waals surface area contributed by atoms with E-state index in [9.17, 15) is 9.90 Å². The zero-order chi connectivity index (χ0) is 20.1. The predicted molar refractivity (Wildman–Crippen MR) is 103 cm³/mol. The highest BCUT2D eigenvalue weighted by atomic mass is 16.7. The lowest BCUT2D eigenvalue weighted by atomic mass is 10.00. The van der Waals surface area contributed by atoms with Gasteiger partial charge >= 0.3 is 0 Å². The number of carbonyl (C=O) groups excluding carboxylic acids is 1. The second-order valence-electron chi connectivity index (χ2n) is 5.99. The van der Waals surface area contributed by atoms with Crippen LogP contribution in [0.25, 0.3) is 0 Å². The summed E-state index contributed by atoms with van der Waals surface area (Å²) in [5.74, 6) is 1.30. The van der Waals surface area contributed by atoms with E-state index in [1.807, 2.05) is 6.92 Å². The lowest BCUT2D eigenvalue weighted by Crippen LogP contribution is -2.18. The van der Waals surface area contributed by atoms with Crippen LogP contribution in [0.5, 0.6) is 28.7 Å². The largest absolute Gasteiger partial charge is 0.507 e. The van der Waals surface area contributed by atoms with E-state index in [4.69, 9.17) is 18.9 Å². The molecule has 8 heteroatoms. The number of aromatic hydroxyl groups is 1. The molecule has 0 fully saturated rings. The molecule has 0 spiro atoms. The predicted octanol–water partition coefficient (Wildman–Crippen LogP) is 2.85. The Morgan fingerprint density at radius 3 is 2.54 bits per heavy atom. The number of phenols is 1. The van der Waals surface area contributed by atoms with Crippen molar-refractivity contribution in [2.75, 3.05) is 21.0 Å². The SMILES string of the molecule is CCCc1c(C=NNC(=O)c2ccccc2O)c(OC)c2c(c1OC)OCO2. The first-order chi connectivity index (χ1) is 13.6. The zero-order valence-electron chi connectivity index (χ0n) is 15.9. The minimum absolute atomic E-state index is 0.0677. The number of hydrogen-bond acceptors (Lipinski definition) is 7. The zero-order valence-corrected chi connectivity index (χ0v) is 15.9. The average Bonchev–Trinajstić information content (AvgIpc) is 3.17. The van der Waals surface area contributed by atoms with E-state index in [0.29, 0.717) is 35.0 Å². The summed E-state index contributed by atoms with van der Waals surface area (Å²) in [4.78, 5) is 12.2. The fourth-order valence-electron chi connectivity index (χ4n) is 3.07. The van der Waals surface area contributed by atoms with Crippen LogP contribution in [-0.2, 0) is 6.42 Å². The fourth-order valence-corrected chi connectivity index (χ4v) is 3.07. The number of para-hydroxylation sites is 1. The number of methoxy groups -OCH3 is 2. The molecule has 0 aromatic heterocycles. The molecule has 0 radical (unpaired) electrons. The molecule has 1 aliphatic heterocycles. The van der Waals surface area contributed by atoms with Gasteiger partial charge in [-0.1, -0.05) is 25.5 Å². The number of nitrogens with zero attached hydrogens (tertiary/aromatic N) is 1. The molecule has 2 aromatic carbocycles. The summed E-state index contributed by atoms with van der Waals surface area (Å²) in [5.41, 5.74) is 4.01. The van der Waals surface area contributed by atoms with Crippen molar-refractivity contribution in [3.63, 3.8) is 0 Å². The highest BCUT2D eigenvalue weighted by Crippen LogP contribution is 2.51. The van der Waals surface area contributed by atoms with Crippen LogP contribution >= 0.6 is 0 Å². The molecule has 3 rings (SSSR count). The van der Waals surface area contributed by atoms with Gasteiger partial charge in [0.2, 0.25) is 18.3 Å². The molecular formula is C20H22N2O6. The van der Waals surface area contributed by atoms with E-state index >= 15 is 0 Å². The first-order valence-electron chi connectivity index (χ1n) is 8.80. The van der Waals surface area contributed by atoms with Gasteiger partial charge in [-0.05, 0) is 18.6 Å². The third-order valence-corrected chi connectivity index (χ3v) is 4.29. The first-order valence-corrected chi connectivity index (χ1v) is 8.80. The van der Waals surface area contributed by atoms with Gasteiger partial charge in [-0.25, -0.2) is 5.43 Å². The normalized spacial score (nSPS) is 12.2. The van der Waals surface area contributed by atoms with Gasteiger partial charge in [0.05, 0.1) is 26.0 Å². The Kier molecular flexibility index (Phi) is 5.88. The molecule has 8 nitrogen and oxygen atoms in total. The number of amides is 1. The van der Waals surface area contributed by atoms with Crippen LogP contribution in [0.1, 0.15) is 34.8 Å². The average molecular weight is 386 g/mol. The molecule has 0 saturated carbocycles. The molecule has 148 valence electrons. The third kappa shape index (κ3) is 3.53. The van der Waals surface area contributed by atoms with Crippen molar-refractivity contribution in [3.05, 3.63) is 41.0 Å². The lowest BCUT2D eigenvalue weighted by Gasteiger charge is -2.17. The second-order valence-corrected chi connectivity index (χ2v) is 5.99. The number of rotatable bonds is 7. The van der Waals surface area contributed by atoms with Gasteiger partial charge in [-0.2, -0.15) is 5.10 Å². The molecule has 0 atom stereocenters. The van der Waals surface area contributed by atoms with E-state index in [-0.39, 0.29) is 18.1 Å². The number of nitrogens with one attached hydrogen (secondary N) is 1. The quantitative estimate of drug-likeness (QED) is 0.561. The molecule has 28 heavy (non-hydrogen) atoms. The molecule has 0 unspecified atom stereocenters. The fraction of sp³-hybridized carbons (Fsp3) is 0.300. The Labute approximate surface area is 162 Å². The Morgan fingerprint density at radius 2 is 1.89 bits per heavy atom. The van der Waals surface area contributed by atoms with Gasteiger partial charge in [-0.15, -0.1) is 0 Å². The van der Waals surface area contributed by atoms with Crippen LogP contribution < -0.4 is 24.4 Å². The monoisotopic (exact) mass is 386 g/mol. The summed E-state index contributed by atoms with van der Waals surface area (Å²) in [6.45, 7) is 2.11. The standard InChI is InChI=1S/C20H22N2O6/c1-4-7-12-14(10-21-22-20(24)13-8-5-6-9-15(13)23)17(26-3)19-18(16(12)25-2)27-11-28-19/h5-6,8-10,23H,4,7,11H2,1-3H3,(H,22,24). The van der Waals surface area contributed by atoms with Crippen LogP contribution in [0.4, 0.5) is 0 Å². The number of ether oxygens (including phenoxy) is 4. The van der Waals surface area contributed by atoms with Gasteiger partial charge in [0.1, 0.15) is 5.75 Å². The summed E-state index contributed by atoms with van der Waals surface area (Å²) >= 11 is 0. The third-order valence-electron chi connectivity index (χ3n) is 4.29. The Morgan fingerprint density at radius 1 is 1.21 bits per heavy atom. The molecular weight excluding hydrogens is 364 g/mol. The number of hydrazone groups is 1. The minimum Gasteiger partial charge on any atom is -0.507 e. The van der Waals surface area contributed by atoms with Crippen LogP contribution in [0.2, 0.25) is 0 Å². The molecule has 0 saturated heterocycles. The number of fused-ring (bicyclic) bond motifs is 1. The van der Waals surface area contributed by atoms with Crippen molar-refractivity contribution in [1.82, 2.24) is 5.43 Å². The smallest absolute Gasteiger partial charge is 0.275 e. The van der Waals surface area contributed by atoms with Gasteiger partial charge in [-0.3, -0.25) is 4.79 Å². The van der Waals surface area contributed by atoms with E-state index in [1.165, 1.54) is 25.5 Å². The molecule has 1 heterocycles. The van der Waals surface area contributed by atoms with Crippen LogP contribution in [-0.4, -0.2) is 38.2 Å². The molecule has 2 N–H and O–H groups in total. The maximum Gasteiger partial charge on any atom is 0.275 e. The second kappa shape index (κ2) is 8.51. The highest BCUT2D eigenvalue weighted by molar-refractivity contribution is 5.98. The summed E-state index contributed by atoms with van der Waals surface area (Å²) in [5, 5.41) is 13.8. The van der Waals surface area contributed by atoms with Gasteiger partial charge < -0.3 is 24.1 Å². The topological polar surface area (TPSA) is 98.6 Å². The Hall–Kier alpha value is -3.42. The van der Waals surface area contributed by atoms with Gasteiger partial charge in [0.25, 0.3) is 5.91 Å². The highest BCUT2D eigenvalue weighted by Gasteiger charge is 2.30. The first kappa shape index (κ1) is 19.3. The number of phenolic OH excluding ortho intramolecular Hbond substituents is 1. The minimum atomic E-state index is -0.530. The van der Waals surface area contributed by atoms with Crippen molar-refractivity contribution in [2.45, 2.75) is 19.8 Å². The van der Waals surface area contributed by atoms with Crippen molar-refractivity contribution >= 4 is 12.1 Å². The van der Waals surface area contributed by atoms with E-state index in [0.717, 1.165) is 12.0 Å². The number of carbonyl (C=O) groups is 1. The molecule has 2 aromatic rings. The summed E-state index contributed by atoms with van der Waals surface area (Å²) in [7, 11) is 3.08. The van der Waals surface area contributed by atoms with Crippen molar-refractivity contribution < 1.29 is 28.8 Å². The Balaban J connectivity index is 1.97. The van der Waals surface area contributed by atoms with Crippen LogP contribution in [0, 0.1) is 0 Å². The van der Waals surface area contributed by atoms with Crippen molar-refractivity contribution in [3.8, 4) is 28.7 Å². The maximum atomic E-state index is 12.2. The van der Waals surface area contributed by atoms with Crippen molar-refractivity contribution in [1.29, 1.82) is 0 Å². The van der Waals surface area contributed by atoms with Crippen LogP contribution in [0.15, 0.2) is 29.4 Å². The molecule has 1 aliphatic rings. The van der Waals surface area contributed by atoms with E-state index in [1.54, 1.807) is 19.2 Å². The summed E-state index contributed by atoms with van der Waals surface area (Å²) in [6.07, 6.45) is 3.02. The maximum absolute atomic E-state index is 12.2. The van der Waals surface area contributed by atoms with Crippen molar-refractivity contribution in [2.24, 2.45) is 5.10 Å². The number of benzene rings is 2. The number of hydrogen-bond donors (Lipinski definition) is 2. The van der Waals surface area contributed by atoms with Crippen LogP contribution in [0.3, 0.4) is 0 Å². The summed E-state index contributed by atoms with van der Waals surface area (Å²) in [6, 6.07) is 6.23. The van der Waals surface area contributed by atoms with Gasteiger partial charge in [0, 0.05) is 11.1 Å². The molecule has 1 amide bonds.